The molecule has 5 heteroatoms. The second-order valence-corrected chi connectivity index (χ2v) is 5.38. The number of hydrogen-bond acceptors (Lipinski definition) is 4. The highest BCUT2D eigenvalue weighted by molar-refractivity contribution is 7.98. The number of nitrogens with one attached hydrogen (secondary N) is 2. The van der Waals surface area contributed by atoms with E-state index in [1.807, 2.05) is 30.0 Å². The molecular formula is C14H22N2O2S. The maximum atomic E-state index is 11.7. The van der Waals surface area contributed by atoms with Crippen LogP contribution in [0.15, 0.2) is 24.3 Å². The van der Waals surface area contributed by atoms with Gasteiger partial charge in [0.1, 0.15) is 5.75 Å². The minimum atomic E-state index is -0.0374. The van der Waals surface area contributed by atoms with Gasteiger partial charge in [0.2, 0.25) is 5.91 Å². The third-order valence-electron chi connectivity index (χ3n) is 2.58. The quantitative estimate of drug-likeness (QED) is 0.767. The van der Waals surface area contributed by atoms with Crippen molar-refractivity contribution in [2.45, 2.75) is 6.92 Å². The molecule has 0 saturated carbocycles. The van der Waals surface area contributed by atoms with Crippen LogP contribution in [0.1, 0.15) is 6.92 Å². The van der Waals surface area contributed by atoms with Gasteiger partial charge in [0.05, 0.1) is 13.7 Å². The van der Waals surface area contributed by atoms with E-state index < -0.39 is 0 Å². The van der Waals surface area contributed by atoms with E-state index in [4.69, 9.17) is 4.74 Å². The van der Waals surface area contributed by atoms with Gasteiger partial charge in [0, 0.05) is 11.8 Å². The van der Waals surface area contributed by atoms with E-state index in [9.17, 15) is 4.79 Å². The zero-order valence-corrected chi connectivity index (χ0v) is 12.5. The standard InChI is InChI=1S/C14H22N2O2S/c1-11(10-19-3)8-15-9-14(17)16-12-5-4-6-13(7-12)18-2/h4-7,11,15H,8-10H2,1-3H3,(H,16,17). The number of rotatable bonds is 8. The number of benzene rings is 1. The van der Waals surface area contributed by atoms with Gasteiger partial charge >= 0.3 is 0 Å². The molecule has 0 aliphatic heterocycles. The maximum absolute atomic E-state index is 11.7. The van der Waals surface area contributed by atoms with Gasteiger partial charge < -0.3 is 15.4 Å². The molecule has 0 saturated heterocycles. The van der Waals surface area contributed by atoms with Crippen molar-refractivity contribution in [2.24, 2.45) is 5.92 Å². The molecule has 1 amide bonds. The Morgan fingerprint density at radius 2 is 2.26 bits per heavy atom. The molecule has 1 aromatic carbocycles. The van der Waals surface area contributed by atoms with Gasteiger partial charge in [0.15, 0.2) is 0 Å². The molecule has 0 radical (unpaired) electrons. The van der Waals surface area contributed by atoms with Crippen molar-refractivity contribution in [1.82, 2.24) is 5.32 Å². The number of anilines is 1. The van der Waals surface area contributed by atoms with Crippen LogP contribution in [-0.2, 0) is 4.79 Å². The lowest BCUT2D eigenvalue weighted by Crippen LogP contribution is -2.31. The van der Waals surface area contributed by atoms with E-state index in [-0.39, 0.29) is 5.91 Å². The number of hydrogen-bond donors (Lipinski definition) is 2. The molecule has 4 nitrogen and oxygen atoms in total. The van der Waals surface area contributed by atoms with Crippen molar-refractivity contribution in [3.05, 3.63) is 24.3 Å². The average molecular weight is 282 g/mol. The Labute approximate surface area is 119 Å². The zero-order valence-electron chi connectivity index (χ0n) is 11.7. The molecule has 0 aliphatic carbocycles. The van der Waals surface area contributed by atoms with Crippen LogP contribution in [0.2, 0.25) is 0 Å². The first kappa shape index (κ1) is 15.9. The van der Waals surface area contributed by atoms with Crippen LogP contribution in [0.5, 0.6) is 5.75 Å². The summed E-state index contributed by atoms with van der Waals surface area (Å²) in [6, 6.07) is 7.34. The van der Waals surface area contributed by atoms with Gasteiger partial charge in [-0.05, 0) is 36.6 Å². The van der Waals surface area contributed by atoms with Gasteiger partial charge in [0.25, 0.3) is 0 Å². The molecule has 106 valence electrons. The Morgan fingerprint density at radius 1 is 1.47 bits per heavy atom. The summed E-state index contributed by atoms with van der Waals surface area (Å²) in [7, 11) is 1.61. The van der Waals surface area contributed by atoms with E-state index in [1.165, 1.54) is 0 Å². The molecule has 0 aliphatic rings. The highest BCUT2D eigenvalue weighted by Gasteiger charge is 2.05. The highest BCUT2D eigenvalue weighted by atomic mass is 32.2. The van der Waals surface area contributed by atoms with Crippen molar-refractivity contribution in [2.75, 3.05) is 37.5 Å². The zero-order chi connectivity index (χ0) is 14.1. The summed E-state index contributed by atoms with van der Waals surface area (Å²) in [6.07, 6.45) is 2.09. The van der Waals surface area contributed by atoms with Gasteiger partial charge in [-0.15, -0.1) is 0 Å². The van der Waals surface area contributed by atoms with Crippen LogP contribution in [0.3, 0.4) is 0 Å². The topological polar surface area (TPSA) is 50.4 Å². The van der Waals surface area contributed by atoms with Gasteiger partial charge in [-0.1, -0.05) is 13.0 Å². The molecule has 0 aromatic heterocycles. The van der Waals surface area contributed by atoms with Crippen molar-refractivity contribution < 1.29 is 9.53 Å². The first-order valence-corrected chi connectivity index (χ1v) is 7.68. The van der Waals surface area contributed by atoms with Gasteiger partial charge in [-0.2, -0.15) is 11.8 Å². The Morgan fingerprint density at radius 3 is 2.95 bits per heavy atom. The van der Waals surface area contributed by atoms with Crippen LogP contribution in [-0.4, -0.2) is 38.1 Å². The number of thioether (sulfide) groups is 1. The van der Waals surface area contributed by atoms with Crippen molar-refractivity contribution >= 4 is 23.4 Å². The van der Waals surface area contributed by atoms with Crippen molar-refractivity contribution in [3.8, 4) is 5.75 Å². The number of amides is 1. The number of ether oxygens (including phenoxy) is 1. The first-order valence-electron chi connectivity index (χ1n) is 6.29. The van der Waals surface area contributed by atoms with Crippen LogP contribution < -0.4 is 15.4 Å². The third kappa shape index (κ3) is 6.50. The fourth-order valence-corrected chi connectivity index (χ4v) is 2.37. The molecular weight excluding hydrogens is 260 g/mol. The molecule has 1 rings (SSSR count). The Hall–Kier alpha value is -1.20. The molecule has 1 atom stereocenters. The maximum Gasteiger partial charge on any atom is 0.238 e. The summed E-state index contributed by atoms with van der Waals surface area (Å²) in [5.41, 5.74) is 0.753. The van der Waals surface area contributed by atoms with E-state index in [0.29, 0.717) is 12.5 Å². The van der Waals surface area contributed by atoms with Crippen LogP contribution in [0.4, 0.5) is 5.69 Å². The predicted molar refractivity (Wildman–Crippen MR) is 82.0 cm³/mol. The highest BCUT2D eigenvalue weighted by Crippen LogP contribution is 2.16. The molecule has 19 heavy (non-hydrogen) atoms. The molecule has 0 spiro atoms. The largest absolute Gasteiger partial charge is 0.497 e. The minimum absolute atomic E-state index is 0.0374. The lowest BCUT2D eigenvalue weighted by atomic mass is 10.2. The van der Waals surface area contributed by atoms with E-state index >= 15 is 0 Å². The SMILES string of the molecule is COc1cccc(NC(=O)CNCC(C)CSC)c1. The lowest BCUT2D eigenvalue weighted by Gasteiger charge is -2.11. The fraction of sp³-hybridized carbons (Fsp3) is 0.500. The summed E-state index contributed by atoms with van der Waals surface area (Å²) in [5.74, 6) is 2.37. The molecule has 1 aromatic rings. The van der Waals surface area contributed by atoms with Crippen molar-refractivity contribution in [1.29, 1.82) is 0 Å². The van der Waals surface area contributed by atoms with Crippen LogP contribution >= 0.6 is 11.8 Å². The monoisotopic (exact) mass is 282 g/mol. The lowest BCUT2D eigenvalue weighted by molar-refractivity contribution is -0.115. The van der Waals surface area contributed by atoms with Gasteiger partial charge in [-0.3, -0.25) is 4.79 Å². The average Bonchev–Trinajstić information content (AvgIpc) is 2.39. The van der Waals surface area contributed by atoms with Crippen LogP contribution in [0, 0.1) is 5.92 Å². The molecule has 1 unspecified atom stereocenters. The predicted octanol–water partition coefficient (Wildman–Crippen LogP) is 2.22. The summed E-state index contributed by atoms with van der Waals surface area (Å²) >= 11 is 1.82. The Balaban J connectivity index is 2.30. The van der Waals surface area contributed by atoms with E-state index in [1.54, 1.807) is 13.2 Å². The summed E-state index contributed by atoms with van der Waals surface area (Å²) in [4.78, 5) is 11.7. The fourth-order valence-electron chi connectivity index (χ4n) is 1.68. The van der Waals surface area contributed by atoms with Crippen molar-refractivity contribution in [3.63, 3.8) is 0 Å². The van der Waals surface area contributed by atoms with Gasteiger partial charge in [-0.25, -0.2) is 0 Å². The summed E-state index contributed by atoms with van der Waals surface area (Å²) in [5, 5.41) is 6.00. The molecule has 0 fully saturated rings. The Kier molecular flexibility index (Phi) is 7.36. The molecule has 0 heterocycles. The first-order chi connectivity index (χ1) is 9.15. The summed E-state index contributed by atoms with van der Waals surface area (Å²) < 4.78 is 5.11. The minimum Gasteiger partial charge on any atom is -0.497 e. The number of methoxy groups -OCH3 is 1. The second-order valence-electron chi connectivity index (χ2n) is 4.47. The second kappa shape index (κ2) is 8.82. The smallest absolute Gasteiger partial charge is 0.238 e. The third-order valence-corrected chi connectivity index (χ3v) is 3.49. The number of carbonyl (C=O) groups excluding carboxylic acids is 1. The summed E-state index contributed by atoms with van der Waals surface area (Å²) in [6.45, 7) is 3.35. The normalized spacial score (nSPS) is 11.9. The van der Waals surface area contributed by atoms with Crippen LogP contribution in [0.25, 0.3) is 0 Å². The number of carbonyl (C=O) groups is 1. The molecule has 2 N–H and O–H groups in total. The Bertz CT molecular complexity index is 399. The molecule has 0 bridgehead atoms. The van der Waals surface area contributed by atoms with E-state index in [0.717, 1.165) is 23.7 Å². The van der Waals surface area contributed by atoms with E-state index in [2.05, 4.69) is 23.8 Å².